The third-order valence-corrected chi connectivity index (χ3v) is 1.95. The zero-order valence-corrected chi connectivity index (χ0v) is 7.25. The second kappa shape index (κ2) is 3.10. The predicted molar refractivity (Wildman–Crippen MR) is 49.0 cm³/mol. The molecule has 5 heteroatoms. The van der Waals surface area contributed by atoms with Crippen molar-refractivity contribution in [3.05, 3.63) is 29.7 Å². The van der Waals surface area contributed by atoms with Crippen molar-refractivity contribution in [1.29, 1.82) is 0 Å². The van der Waals surface area contributed by atoms with E-state index in [2.05, 4.69) is 10.2 Å². The molecule has 1 aromatic heterocycles. The van der Waals surface area contributed by atoms with Crippen LogP contribution in [0.2, 0.25) is 0 Å². The molecule has 1 amide bonds. The minimum atomic E-state index is -0.472. The number of hydrogen-bond donors (Lipinski definition) is 2. The molecule has 3 N–H and O–H groups in total. The number of rotatable bonds is 2. The van der Waals surface area contributed by atoms with Crippen molar-refractivity contribution in [3.63, 3.8) is 0 Å². The lowest BCUT2D eigenvalue weighted by atomic mass is 10.1. The van der Waals surface area contributed by atoms with E-state index in [0.29, 0.717) is 16.6 Å². The van der Waals surface area contributed by atoms with Gasteiger partial charge in [-0.05, 0) is 18.2 Å². The molecular weight excluding hydrogens is 185 g/mol. The van der Waals surface area contributed by atoms with Crippen LogP contribution in [0.5, 0.6) is 0 Å². The van der Waals surface area contributed by atoms with Crippen LogP contribution in [0, 0.1) is 5.82 Å². The Balaban J connectivity index is 2.55. The standard InChI is InChI=1S/C9H8FN3O/c10-5-1-2-7-6(3-5)8(13-12-7)4-9(11)14/h1-3H,4H2,(H2,11,14)(H,12,13). The average molecular weight is 193 g/mol. The van der Waals surface area contributed by atoms with Gasteiger partial charge in [-0.3, -0.25) is 9.89 Å². The van der Waals surface area contributed by atoms with Gasteiger partial charge in [0.2, 0.25) is 5.91 Å². The molecule has 0 spiro atoms. The molecule has 72 valence electrons. The van der Waals surface area contributed by atoms with Crippen molar-refractivity contribution in [2.45, 2.75) is 6.42 Å². The molecular formula is C9H8FN3O. The van der Waals surface area contributed by atoms with E-state index in [1.807, 2.05) is 0 Å². The molecule has 0 aliphatic heterocycles. The molecule has 0 unspecified atom stereocenters. The zero-order chi connectivity index (χ0) is 10.1. The third kappa shape index (κ3) is 1.44. The fourth-order valence-electron chi connectivity index (χ4n) is 1.34. The highest BCUT2D eigenvalue weighted by Gasteiger charge is 2.08. The van der Waals surface area contributed by atoms with Crippen LogP contribution in [0.15, 0.2) is 18.2 Å². The summed E-state index contributed by atoms with van der Waals surface area (Å²) in [5, 5.41) is 7.17. The second-order valence-electron chi connectivity index (χ2n) is 3.01. The highest BCUT2D eigenvalue weighted by atomic mass is 19.1. The van der Waals surface area contributed by atoms with Gasteiger partial charge in [-0.25, -0.2) is 4.39 Å². The summed E-state index contributed by atoms with van der Waals surface area (Å²) < 4.78 is 12.9. The monoisotopic (exact) mass is 193 g/mol. The van der Waals surface area contributed by atoms with Gasteiger partial charge in [0.15, 0.2) is 0 Å². The van der Waals surface area contributed by atoms with E-state index in [9.17, 15) is 9.18 Å². The number of hydrogen-bond acceptors (Lipinski definition) is 2. The van der Waals surface area contributed by atoms with E-state index >= 15 is 0 Å². The Labute approximate surface area is 78.9 Å². The van der Waals surface area contributed by atoms with E-state index in [1.165, 1.54) is 12.1 Å². The smallest absolute Gasteiger partial charge is 0.223 e. The zero-order valence-electron chi connectivity index (χ0n) is 7.25. The number of carbonyl (C=O) groups is 1. The number of halogens is 1. The highest BCUT2D eigenvalue weighted by Crippen LogP contribution is 2.17. The molecule has 2 rings (SSSR count). The number of nitrogens with zero attached hydrogens (tertiary/aromatic N) is 1. The molecule has 0 aliphatic rings. The lowest BCUT2D eigenvalue weighted by molar-refractivity contribution is -0.117. The quantitative estimate of drug-likeness (QED) is 0.738. The van der Waals surface area contributed by atoms with Crippen molar-refractivity contribution < 1.29 is 9.18 Å². The first-order chi connectivity index (χ1) is 6.66. The number of fused-ring (bicyclic) bond motifs is 1. The van der Waals surface area contributed by atoms with Crippen LogP contribution in [0.3, 0.4) is 0 Å². The Morgan fingerprint density at radius 1 is 1.57 bits per heavy atom. The van der Waals surface area contributed by atoms with Gasteiger partial charge in [-0.15, -0.1) is 0 Å². The van der Waals surface area contributed by atoms with Crippen LogP contribution in [-0.2, 0) is 11.2 Å². The second-order valence-corrected chi connectivity index (χ2v) is 3.01. The number of aromatic amines is 1. The van der Waals surface area contributed by atoms with Crippen molar-refractivity contribution in [1.82, 2.24) is 10.2 Å². The number of amides is 1. The van der Waals surface area contributed by atoms with Gasteiger partial charge in [0.25, 0.3) is 0 Å². The van der Waals surface area contributed by atoms with Crippen molar-refractivity contribution >= 4 is 16.8 Å². The summed E-state index contributed by atoms with van der Waals surface area (Å²) in [7, 11) is 0. The van der Waals surface area contributed by atoms with Crippen LogP contribution in [-0.4, -0.2) is 16.1 Å². The topological polar surface area (TPSA) is 71.8 Å². The number of primary amides is 1. The number of H-pyrrole nitrogens is 1. The highest BCUT2D eigenvalue weighted by molar-refractivity contribution is 5.86. The van der Waals surface area contributed by atoms with Gasteiger partial charge in [0, 0.05) is 5.39 Å². The van der Waals surface area contributed by atoms with Crippen LogP contribution in [0.1, 0.15) is 5.69 Å². The summed E-state index contributed by atoms with van der Waals surface area (Å²) in [5.74, 6) is -0.829. The minimum absolute atomic E-state index is 0.0416. The van der Waals surface area contributed by atoms with Gasteiger partial charge in [-0.1, -0.05) is 0 Å². The van der Waals surface area contributed by atoms with Crippen molar-refractivity contribution in [3.8, 4) is 0 Å². The van der Waals surface area contributed by atoms with Gasteiger partial charge < -0.3 is 5.73 Å². The molecule has 0 aliphatic carbocycles. The third-order valence-electron chi connectivity index (χ3n) is 1.95. The van der Waals surface area contributed by atoms with Gasteiger partial charge in [0.1, 0.15) is 5.82 Å². The molecule has 1 heterocycles. The Kier molecular flexibility index (Phi) is 1.92. The molecule has 0 fully saturated rings. The van der Waals surface area contributed by atoms with Crippen LogP contribution < -0.4 is 5.73 Å². The van der Waals surface area contributed by atoms with E-state index < -0.39 is 5.91 Å². The Bertz CT molecular complexity index is 492. The van der Waals surface area contributed by atoms with Crippen LogP contribution in [0.4, 0.5) is 4.39 Å². The van der Waals surface area contributed by atoms with Gasteiger partial charge in [0.05, 0.1) is 17.6 Å². The van der Waals surface area contributed by atoms with E-state index in [1.54, 1.807) is 6.07 Å². The fourth-order valence-corrected chi connectivity index (χ4v) is 1.34. The summed E-state index contributed by atoms with van der Waals surface area (Å²) in [6.45, 7) is 0. The first kappa shape index (κ1) is 8.68. The summed E-state index contributed by atoms with van der Waals surface area (Å²) in [4.78, 5) is 10.7. The normalized spacial score (nSPS) is 10.6. The Morgan fingerprint density at radius 2 is 2.36 bits per heavy atom. The molecule has 1 aromatic carbocycles. The van der Waals surface area contributed by atoms with Crippen molar-refractivity contribution in [2.24, 2.45) is 5.73 Å². The minimum Gasteiger partial charge on any atom is -0.369 e. The maximum atomic E-state index is 12.9. The largest absolute Gasteiger partial charge is 0.369 e. The van der Waals surface area contributed by atoms with E-state index in [0.717, 1.165) is 0 Å². The Morgan fingerprint density at radius 3 is 3.07 bits per heavy atom. The first-order valence-electron chi connectivity index (χ1n) is 4.07. The van der Waals surface area contributed by atoms with Crippen LogP contribution >= 0.6 is 0 Å². The number of aromatic nitrogens is 2. The average Bonchev–Trinajstić information content (AvgIpc) is 2.47. The fraction of sp³-hybridized carbons (Fsp3) is 0.111. The van der Waals surface area contributed by atoms with Gasteiger partial charge in [-0.2, -0.15) is 5.10 Å². The van der Waals surface area contributed by atoms with E-state index in [-0.39, 0.29) is 12.2 Å². The molecule has 0 bridgehead atoms. The maximum absolute atomic E-state index is 12.9. The molecule has 0 radical (unpaired) electrons. The molecule has 0 saturated carbocycles. The molecule has 0 atom stereocenters. The summed E-state index contributed by atoms with van der Waals surface area (Å²) in [5.41, 5.74) is 6.21. The van der Waals surface area contributed by atoms with Gasteiger partial charge >= 0.3 is 0 Å². The summed E-state index contributed by atoms with van der Waals surface area (Å²) >= 11 is 0. The molecule has 2 aromatic rings. The lowest BCUT2D eigenvalue weighted by Gasteiger charge is -1.93. The number of nitrogens with two attached hydrogens (primary N) is 1. The van der Waals surface area contributed by atoms with Crippen molar-refractivity contribution in [2.75, 3.05) is 0 Å². The van der Waals surface area contributed by atoms with E-state index in [4.69, 9.17) is 5.73 Å². The summed E-state index contributed by atoms with van der Waals surface area (Å²) in [6, 6.07) is 4.19. The number of nitrogens with one attached hydrogen (secondary N) is 1. The predicted octanol–water partition coefficient (Wildman–Crippen LogP) is 0.730. The molecule has 0 saturated heterocycles. The lowest BCUT2D eigenvalue weighted by Crippen LogP contribution is -2.14. The number of benzene rings is 1. The first-order valence-corrected chi connectivity index (χ1v) is 4.07. The summed E-state index contributed by atoms with van der Waals surface area (Å²) in [6.07, 6.45) is 0.0416. The molecule has 14 heavy (non-hydrogen) atoms. The number of carbonyl (C=O) groups excluding carboxylic acids is 1. The Hall–Kier alpha value is -1.91. The molecule has 4 nitrogen and oxygen atoms in total. The van der Waals surface area contributed by atoms with Crippen LogP contribution in [0.25, 0.3) is 10.9 Å². The maximum Gasteiger partial charge on any atom is 0.223 e. The SMILES string of the molecule is NC(=O)Cc1[nH]nc2ccc(F)cc12.